The number of nitrogens with two attached hydrogens (primary N) is 1. The number of aliphatic hydroxyl groups is 1. The van der Waals surface area contributed by atoms with Crippen LogP contribution in [0.5, 0.6) is 0 Å². The second-order valence-corrected chi connectivity index (χ2v) is 8.94. The molecule has 0 radical (unpaired) electrons. The van der Waals surface area contributed by atoms with Gasteiger partial charge in [0.1, 0.15) is 0 Å². The van der Waals surface area contributed by atoms with Gasteiger partial charge in [-0.15, -0.1) is 0 Å². The molecule has 0 amide bonds. The van der Waals surface area contributed by atoms with Crippen LogP contribution in [0.1, 0.15) is 38.5 Å². The fourth-order valence-corrected chi connectivity index (χ4v) is 4.37. The third-order valence-electron chi connectivity index (χ3n) is 3.49. The highest BCUT2D eigenvalue weighted by molar-refractivity contribution is 7.72. The number of hydrogen-bond donors (Lipinski definition) is 6. The fourth-order valence-electron chi connectivity index (χ4n) is 2.21. The lowest BCUT2D eigenvalue weighted by molar-refractivity contribution is 0.114. The first-order chi connectivity index (χ1) is 7.91. The van der Waals surface area contributed by atoms with E-state index in [-0.39, 0.29) is 6.42 Å². The molecule has 0 heterocycles. The van der Waals surface area contributed by atoms with Gasteiger partial charge in [0.2, 0.25) is 0 Å². The summed E-state index contributed by atoms with van der Waals surface area (Å²) >= 11 is 0. The third kappa shape index (κ3) is 3.21. The number of hydrogen-bond acceptors (Lipinski definition) is 4. The van der Waals surface area contributed by atoms with Crippen molar-refractivity contribution in [2.75, 3.05) is 0 Å². The lowest BCUT2D eigenvalue weighted by atomic mass is 9.93. The monoisotopic (exact) mass is 303 g/mol. The van der Waals surface area contributed by atoms with Crippen molar-refractivity contribution in [1.29, 1.82) is 0 Å². The maximum atomic E-state index is 11.1. The van der Waals surface area contributed by atoms with Crippen molar-refractivity contribution in [2.24, 2.45) is 5.73 Å². The van der Waals surface area contributed by atoms with E-state index in [1.807, 2.05) is 0 Å². The van der Waals surface area contributed by atoms with Crippen LogP contribution >= 0.6 is 15.2 Å². The molecule has 1 aliphatic carbocycles. The van der Waals surface area contributed by atoms with Crippen molar-refractivity contribution in [3.63, 3.8) is 0 Å². The molecule has 10 heteroatoms. The maximum Gasteiger partial charge on any atom is 0.369 e. The zero-order valence-corrected chi connectivity index (χ0v) is 11.6. The summed E-state index contributed by atoms with van der Waals surface area (Å²) in [7, 11) is -10.7. The zero-order valence-electron chi connectivity index (χ0n) is 9.77. The molecule has 8 nitrogen and oxygen atoms in total. The first-order valence-electron chi connectivity index (χ1n) is 5.54. The van der Waals surface area contributed by atoms with Crippen molar-refractivity contribution >= 4 is 15.2 Å². The summed E-state index contributed by atoms with van der Waals surface area (Å²) in [6, 6.07) is 0. The van der Waals surface area contributed by atoms with Crippen molar-refractivity contribution in [3.8, 4) is 0 Å². The Kier molecular flexibility index (Phi) is 4.49. The third-order valence-corrected chi connectivity index (χ3v) is 7.37. The molecule has 0 aromatic rings. The van der Waals surface area contributed by atoms with Crippen molar-refractivity contribution in [3.05, 3.63) is 0 Å². The largest absolute Gasteiger partial charge is 0.369 e. The fraction of sp³-hybridized carbons (Fsp3) is 1.00. The lowest BCUT2D eigenvalue weighted by Gasteiger charge is -2.32. The molecule has 0 atom stereocenters. The Bertz CT molecular complexity index is 372. The normalized spacial score (nSPS) is 21.2. The van der Waals surface area contributed by atoms with Crippen LogP contribution in [0.25, 0.3) is 0 Å². The molecule has 7 N–H and O–H groups in total. The molecular formula is C8H19NO7P2. The Morgan fingerprint density at radius 2 is 1.44 bits per heavy atom. The molecule has 0 aliphatic heterocycles. The van der Waals surface area contributed by atoms with Gasteiger partial charge >= 0.3 is 15.2 Å². The molecule has 0 saturated heterocycles. The molecule has 1 fully saturated rings. The summed E-state index contributed by atoms with van der Waals surface area (Å²) in [5.74, 6) is 0. The Balaban J connectivity index is 2.88. The van der Waals surface area contributed by atoms with E-state index in [0.717, 1.165) is 12.8 Å². The van der Waals surface area contributed by atoms with Gasteiger partial charge in [0.25, 0.3) is 5.08 Å². The van der Waals surface area contributed by atoms with Crippen LogP contribution in [0.2, 0.25) is 0 Å². The minimum absolute atomic E-state index is 0.0419. The second-order valence-electron chi connectivity index (χ2n) is 4.93. The standard InChI is InChI=1S/C8H19NO7P2/c9-7(3-1-2-4-7)5-6-8(10,17(11,12)13)18(14,15)16/h10H,1-6,9H2,(H2,11,12,13)(H2,14,15,16). The Morgan fingerprint density at radius 3 is 1.78 bits per heavy atom. The molecule has 1 aliphatic rings. The van der Waals surface area contributed by atoms with Gasteiger partial charge in [-0.05, 0) is 19.3 Å². The van der Waals surface area contributed by atoms with Crippen LogP contribution in [0.3, 0.4) is 0 Å². The van der Waals surface area contributed by atoms with Gasteiger partial charge in [-0.1, -0.05) is 12.8 Å². The average Bonchev–Trinajstić information content (AvgIpc) is 2.58. The second kappa shape index (κ2) is 4.96. The molecule has 0 spiro atoms. The van der Waals surface area contributed by atoms with Gasteiger partial charge < -0.3 is 30.4 Å². The van der Waals surface area contributed by atoms with Crippen molar-refractivity contribution in [2.45, 2.75) is 49.1 Å². The smallest absolute Gasteiger partial charge is 0.368 e. The summed E-state index contributed by atoms with van der Waals surface area (Å²) in [5, 5.41) is 6.34. The van der Waals surface area contributed by atoms with Crippen molar-refractivity contribution in [1.82, 2.24) is 0 Å². The summed E-state index contributed by atoms with van der Waals surface area (Å²) in [6.45, 7) is 0. The van der Waals surface area contributed by atoms with Gasteiger partial charge in [-0.2, -0.15) is 0 Å². The number of rotatable bonds is 5. The molecule has 0 aromatic carbocycles. The van der Waals surface area contributed by atoms with Gasteiger partial charge in [0, 0.05) is 12.0 Å². The quantitative estimate of drug-likeness (QED) is 0.388. The Hall–Kier alpha value is 0.220. The molecule has 18 heavy (non-hydrogen) atoms. The topological polar surface area (TPSA) is 161 Å². The maximum absolute atomic E-state index is 11.1. The molecule has 1 rings (SSSR count). The molecular weight excluding hydrogens is 284 g/mol. The Morgan fingerprint density at radius 1 is 1.06 bits per heavy atom. The summed E-state index contributed by atoms with van der Waals surface area (Å²) in [6.07, 6.45) is 2.19. The van der Waals surface area contributed by atoms with Crippen LogP contribution in [-0.2, 0) is 9.13 Å². The molecule has 1 saturated carbocycles. The van der Waals surface area contributed by atoms with E-state index in [1.54, 1.807) is 0 Å². The van der Waals surface area contributed by atoms with Gasteiger partial charge in [0.15, 0.2) is 0 Å². The first-order valence-corrected chi connectivity index (χ1v) is 8.76. The molecule has 108 valence electrons. The lowest BCUT2D eigenvalue weighted by Crippen LogP contribution is -2.40. The first kappa shape index (κ1) is 16.3. The van der Waals surface area contributed by atoms with E-state index >= 15 is 0 Å². The predicted molar refractivity (Wildman–Crippen MR) is 63.7 cm³/mol. The van der Waals surface area contributed by atoms with E-state index < -0.39 is 32.2 Å². The van der Waals surface area contributed by atoms with Crippen LogP contribution in [0.4, 0.5) is 0 Å². The Labute approximate surface area is 105 Å². The van der Waals surface area contributed by atoms with Crippen LogP contribution in [0.15, 0.2) is 0 Å². The van der Waals surface area contributed by atoms with E-state index in [1.165, 1.54) is 0 Å². The highest BCUT2D eigenvalue weighted by atomic mass is 31.2. The van der Waals surface area contributed by atoms with Gasteiger partial charge in [-0.25, -0.2) is 0 Å². The van der Waals surface area contributed by atoms with E-state index in [2.05, 4.69) is 0 Å². The van der Waals surface area contributed by atoms with Crippen LogP contribution in [0, 0.1) is 0 Å². The minimum Gasteiger partial charge on any atom is -0.368 e. The molecule has 0 bridgehead atoms. The van der Waals surface area contributed by atoms with Gasteiger partial charge in [-0.3, -0.25) is 9.13 Å². The molecule has 0 aromatic heterocycles. The van der Waals surface area contributed by atoms with E-state index in [9.17, 15) is 14.2 Å². The summed E-state index contributed by atoms with van der Waals surface area (Å²) in [4.78, 5) is 35.8. The summed E-state index contributed by atoms with van der Waals surface area (Å²) in [5.41, 5.74) is 5.23. The highest BCUT2D eigenvalue weighted by Crippen LogP contribution is 2.69. The summed E-state index contributed by atoms with van der Waals surface area (Å²) < 4.78 is 22.2. The van der Waals surface area contributed by atoms with E-state index in [4.69, 9.17) is 25.3 Å². The molecule has 0 unspecified atom stereocenters. The SMILES string of the molecule is NC1(CCC(O)(P(=O)(O)O)P(=O)(O)O)CCCC1. The zero-order chi connectivity index (χ0) is 14.2. The highest BCUT2D eigenvalue weighted by Gasteiger charge is 2.59. The van der Waals surface area contributed by atoms with Crippen molar-refractivity contribution < 1.29 is 33.8 Å². The van der Waals surface area contributed by atoms with Crippen LogP contribution < -0.4 is 5.73 Å². The van der Waals surface area contributed by atoms with Crippen LogP contribution in [-0.4, -0.2) is 35.3 Å². The van der Waals surface area contributed by atoms with E-state index in [0.29, 0.717) is 12.8 Å². The minimum atomic E-state index is -5.36. The van der Waals surface area contributed by atoms with Gasteiger partial charge in [0.05, 0.1) is 0 Å². The predicted octanol–water partition coefficient (Wildman–Crippen LogP) is 0.0396. The average molecular weight is 303 g/mol.